The van der Waals surface area contributed by atoms with Crippen LogP contribution in [0, 0.1) is 23.5 Å². The Morgan fingerprint density at radius 1 is 0.971 bits per heavy atom. The normalized spacial score (nSPS) is 24.1. The average molecular weight is 487 g/mol. The molecule has 1 aromatic carbocycles. The predicted molar refractivity (Wildman–Crippen MR) is 125 cm³/mol. The van der Waals surface area contributed by atoms with E-state index in [0.717, 1.165) is 57.1 Å². The van der Waals surface area contributed by atoms with Gasteiger partial charge in [0.25, 0.3) is 0 Å². The van der Waals surface area contributed by atoms with Crippen LogP contribution in [0.3, 0.4) is 0 Å². The highest BCUT2D eigenvalue weighted by atomic mass is 35.5. The largest absolute Gasteiger partial charge is 0.369 e. The summed E-state index contributed by atoms with van der Waals surface area (Å²) in [5.74, 6) is 0.448. The number of rotatable bonds is 4. The minimum atomic E-state index is -0.861. The quantitative estimate of drug-likeness (QED) is 0.590. The molecule has 1 saturated carbocycles. The maximum atomic E-state index is 13.9. The Kier molecular flexibility index (Phi) is 5.47. The summed E-state index contributed by atoms with van der Waals surface area (Å²) in [4.78, 5) is 9.06. The Hall–Kier alpha value is -3.01. The molecule has 2 bridgehead atoms. The maximum absolute atomic E-state index is 13.9. The van der Waals surface area contributed by atoms with E-state index in [0.29, 0.717) is 41.1 Å². The molecular weight excluding hydrogens is 462 g/mol. The van der Waals surface area contributed by atoms with Gasteiger partial charge in [0, 0.05) is 50.0 Å². The van der Waals surface area contributed by atoms with Gasteiger partial charge in [0.05, 0.1) is 11.9 Å². The molecule has 0 radical (unpaired) electrons. The lowest BCUT2D eigenvalue weighted by Crippen LogP contribution is -2.48. The Balaban J connectivity index is 1.22. The minimum Gasteiger partial charge on any atom is -0.369 e. The Bertz CT molecular complexity index is 1190. The zero-order valence-corrected chi connectivity index (χ0v) is 19.3. The molecule has 0 amide bonds. The molecule has 1 saturated heterocycles. The molecule has 178 valence electrons. The van der Waals surface area contributed by atoms with E-state index in [1.165, 1.54) is 6.07 Å². The van der Waals surface area contributed by atoms with Gasteiger partial charge in [-0.1, -0.05) is 11.6 Å². The molecule has 3 atom stereocenters. The first-order valence-electron chi connectivity index (χ1n) is 11.7. The first-order valence-corrected chi connectivity index (χ1v) is 12.1. The van der Waals surface area contributed by atoms with E-state index in [1.54, 1.807) is 12.3 Å². The van der Waals surface area contributed by atoms with Crippen LogP contribution < -0.4 is 15.1 Å². The van der Waals surface area contributed by atoms with Crippen molar-refractivity contribution in [2.45, 2.75) is 38.3 Å². The topological polar surface area (TPSA) is 75.0 Å². The summed E-state index contributed by atoms with van der Waals surface area (Å²) in [7, 11) is 0. The number of fused-ring (bicyclic) bond motifs is 3. The second-order valence-electron chi connectivity index (χ2n) is 9.32. The van der Waals surface area contributed by atoms with Crippen LogP contribution in [0.2, 0.25) is 5.15 Å². The Labute approximate surface area is 200 Å². The van der Waals surface area contributed by atoms with E-state index in [1.807, 2.05) is 15.6 Å². The highest BCUT2D eigenvalue weighted by Gasteiger charge is 2.43. The van der Waals surface area contributed by atoms with Crippen LogP contribution in [0.4, 0.5) is 32.1 Å². The molecule has 2 fully saturated rings. The highest BCUT2D eigenvalue weighted by molar-refractivity contribution is 6.29. The van der Waals surface area contributed by atoms with Gasteiger partial charge in [0.15, 0.2) is 16.8 Å². The average Bonchev–Trinajstić information content (AvgIpc) is 3.23. The van der Waals surface area contributed by atoms with Crippen LogP contribution in [0.5, 0.6) is 0 Å². The third-order valence-corrected chi connectivity index (χ3v) is 7.40. The number of aryl methyl sites for hydroxylation is 1. The SMILES string of the molecule is Fc1ccc(N2CCCCn3nc(N[C@@H]4C5CC[C@H]4CN(c4cnnc(Cl)c4)C5)nc32)cc1F. The Morgan fingerprint density at radius 3 is 2.53 bits per heavy atom. The predicted octanol–water partition coefficient (Wildman–Crippen LogP) is 4.26. The smallest absolute Gasteiger partial charge is 0.244 e. The fourth-order valence-corrected chi connectivity index (χ4v) is 5.75. The van der Waals surface area contributed by atoms with Crippen LogP contribution in [0.1, 0.15) is 25.7 Å². The third kappa shape index (κ3) is 3.93. The molecule has 2 aliphatic heterocycles. The summed E-state index contributed by atoms with van der Waals surface area (Å²) in [6, 6.07) is 6.12. The van der Waals surface area contributed by atoms with E-state index in [-0.39, 0.29) is 6.04 Å². The minimum absolute atomic E-state index is 0.282. The van der Waals surface area contributed by atoms with Gasteiger partial charge >= 0.3 is 0 Å². The molecule has 3 aliphatic rings. The lowest BCUT2D eigenvalue weighted by Gasteiger charge is -2.39. The summed E-state index contributed by atoms with van der Waals surface area (Å²) in [6.45, 7) is 3.23. The van der Waals surface area contributed by atoms with Gasteiger partial charge in [-0.3, -0.25) is 0 Å². The second-order valence-corrected chi connectivity index (χ2v) is 9.71. The number of hydrogen-bond acceptors (Lipinski definition) is 7. The fourth-order valence-electron chi connectivity index (χ4n) is 5.60. The molecule has 8 nitrogen and oxygen atoms in total. The van der Waals surface area contributed by atoms with Gasteiger partial charge in [-0.25, -0.2) is 13.5 Å². The number of aromatic nitrogens is 5. The van der Waals surface area contributed by atoms with E-state index < -0.39 is 11.6 Å². The van der Waals surface area contributed by atoms with Crippen molar-refractivity contribution in [2.75, 3.05) is 34.8 Å². The van der Waals surface area contributed by atoms with Crippen molar-refractivity contribution in [1.29, 1.82) is 0 Å². The van der Waals surface area contributed by atoms with Crippen LogP contribution in [0.25, 0.3) is 0 Å². The number of piperidine rings is 1. The zero-order valence-electron chi connectivity index (χ0n) is 18.5. The summed E-state index contributed by atoms with van der Waals surface area (Å²) in [6.07, 6.45) is 5.91. The molecule has 6 rings (SSSR count). The maximum Gasteiger partial charge on any atom is 0.244 e. The van der Waals surface area contributed by atoms with Gasteiger partial charge < -0.3 is 15.1 Å². The van der Waals surface area contributed by atoms with Crippen molar-refractivity contribution in [3.63, 3.8) is 0 Å². The van der Waals surface area contributed by atoms with Gasteiger partial charge in [-0.05, 0) is 49.7 Å². The standard InChI is InChI=1S/C23H25ClF2N8/c24-20-10-17(11-27-30-20)32-12-14-3-4-15(13-32)21(14)28-22-29-23-33(7-1-2-8-34(23)31-22)16-5-6-18(25)19(26)9-16/h5-6,9-11,14-15,21H,1-4,7-8,12-13H2,(H,28,31)/t14-,15?,21-/m0/s1. The fraction of sp³-hybridized carbons (Fsp3) is 0.478. The van der Waals surface area contributed by atoms with Crippen molar-refractivity contribution >= 4 is 34.9 Å². The van der Waals surface area contributed by atoms with Crippen molar-refractivity contribution in [1.82, 2.24) is 25.0 Å². The van der Waals surface area contributed by atoms with Crippen LogP contribution >= 0.6 is 11.6 Å². The number of hydrogen-bond donors (Lipinski definition) is 1. The molecule has 1 N–H and O–H groups in total. The van der Waals surface area contributed by atoms with Gasteiger partial charge in [0.1, 0.15) is 0 Å². The van der Waals surface area contributed by atoms with Crippen LogP contribution in [-0.4, -0.2) is 50.6 Å². The van der Waals surface area contributed by atoms with E-state index in [2.05, 4.69) is 20.4 Å². The molecule has 2 aromatic heterocycles. The number of nitrogens with zero attached hydrogens (tertiary/aromatic N) is 7. The number of halogens is 3. The van der Waals surface area contributed by atoms with Gasteiger partial charge in [-0.15, -0.1) is 10.2 Å². The summed E-state index contributed by atoms with van der Waals surface area (Å²) < 4.78 is 29.3. The molecule has 34 heavy (non-hydrogen) atoms. The van der Waals surface area contributed by atoms with Gasteiger partial charge in [-0.2, -0.15) is 10.1 Å². The van der Waals surface area contributed by atoms with E-state index in [9.17, 15) is 8.78 Å². The van der Waals surface area contributed by atoms with Crippen molar-refractivity contribution < 1.29 is 8.78 Å². The van der Waals surface area contributed by atoms with Crippen LogP contribution in [0.15, 0.2) is 30.5 Å². The monoisotopic (exact) mass is 486 g/mol. The first-order chi connectivity index (χ1) is 16.5. The lowest BCUT2D eigenvalue weighted by molar-refractivity contribution is 0.376. The van der Waals surface area contributed by atoms with Crippen molar-refractivity contribution in [3.05, 3.63) is 47.2 Å². The summed E-state index contributed by atoms with van der Waals surface area (Å²) in [5, 5.41) is 16.6. The molecule has 0 spiro atoms. The molecule has 1 unspecified atom stereocenters. The third-order valence-electron chi connectivity index (χ3n) is 7.22. The molecular formula is C23H25ClF2N8. The van der Waals surface area contributed by atoms with E-state index in [4.69, 9.17) is 21.7 Å². The first kappa shape index (κ1) is 21.5. The zero-order chi connectivity index (χ0) is 23.2. The van der Waals surface area contributed by atoms with Gasteiger partial charge in [0.2, 0.25) is 11.9 Å². The lowest BCUT2D eigenvalue weighted by atomic mass is 9.92. The number of benzene rings is 1. The number of anilines is 4. The second kappa shape index (κ2) is 8.65. The van der Waals surface area contributed by atoms with Crippen LogP contribution in [-0.2, 0) is 6.54 Å². The van der Waals surface area contributed by atoms with Crippen molar-refractivity contribution in [3.8, 4) is 0 Å². The summed E-state index contributed by atoms with van der Waals surface area (Å²) >= 11 is 6.05. The molecule has 1 aliphatic carbocycles. The highest BCUT2D eigenvalue weighted by Crippen LogP contribution is 2.40. The van der Waals surface area contributed by atoms with E-state index >= 15 is 0 Å². The molecule has 3 aromatic rings. The van der Waals surface area contributed by atoms with Crippen molar-refractivity contribution in [2.24, 2.45) is 11.8 Å². The molecule has 11 heteroatoms. The molecule has 4 heterocycles. The summed E-state index contributed by atoms with van der Waals surface area (Å²) in [5.41, 5.74) is 1.59. The Morgan fingerprint density at radius 2 is 1.76 bits per heavy atom. The number of nitrogens with one attached hydrogen (secondary N) is 1.